The number of halogens is 2. The maximum Gasteiger partial charge on any atom is 0.342 e. The predicted octanol–water partition coefficient (Wildman–Crippen LogP) is 6.68. The monoisotopic (exact) mass is 541 g/mol. The van der Waals surface area contributed by atoms with Crippen molar-refractivity contribution in [1.82, 2.24) is 15.2 Å². The first-order chi connectivity index (χ1) is 16.0. The third-order valence-corrected chi connectivity index (χ3v) is 6.23. The molecule has 2 N–H and O–H groups in total. The van der Waals surface area contributed by atoms with Crippen LogP contribution in [0.15, 0.2) is 87.3 Å². The number of carboxylic acids is 1. The van der Waals surface area contributed by atoms with Gasteiger partial charge < -0.3 is 9.84 Å². The molecule has 0 radical (unpaired) electrons. The Morgan fingerprint density at radius 1 is 1.12 bits per heavy atom. The zero-order valence-corrected chi connectivity index (χ0v) is 20.2. The lowest BCUT2D eigenvalue weighted by atomic mass is 10.2. The molecule has 0 aliphatic rings. The number of thioether (sulfide) groups is 1. The molecule has 0 fully saturated rings. The molecule has 0 atom stereocenters. The highest BCUT2D eigenvalue weighted by molar-refractivity contribution is 9.10. The first kappa shape index (κ1) is 23.1. The van der Waals surface area contributed by atoms with Crippen molar-refractivity contribution in [1.29, 1.82) is 0 Å². The molecule has 0 saturated heterocycles. The molecule has 0 bridgehead atoms. The van der Waals surface area contributed by atoms with E-state index in [1.54, 1.807) is 36.4 Å². The summed E-state index contributed by atoms with van der Waals surface area (Å²) < 4.78 is 6.58. The van der Waals surface area contributed by atoms with Crippen LogP contribution in [0.4, 0.5) is 0 Å². The lowest BCUT2D eigenvalue weighted by Gasteiger charge is -2.09. The van der Waals surface area contributed by atoms with E-state index in [0.29, 0.717) is 33.9 Å². The van der Waals surface area contributed by atoms with Gasteiger partial charge in [0.2, 0.25) is 5.16 Å². The number of benzene rings is 3. The van der Waals surface area contributed by atoms with Gasteiger partial charge in [-0.05, 0) is 81.3 Å². The van der Waals surface area contributed by atoms with E-state index < -0.39 is 5.97 Å². The van der Waals surface area contributed by atoms with Gasteiger partial charge in [0.25, 0.3) is 0 Å². The Balaban J connectivity index is 1.48. The minimum atomic E-state index is -1.07. The first-order valence-corrected chi connectivity index (χ1v) is 11.7. The average molecular weight is 543 g/mol. The third-order valence-electron chi connectivity index (χ3n) is 4.49. The van der Waals surface area contributed by atoms with Gasteiger partial charge in [-0.3, -0.25) is 5.10 Å². The Morgan fingerprint density at radius 2 is 1.88 bits per heavy atom. The minimum Gasteiger partial charge on any atom is -0.488 e. The SMILES string of the molecule is O=C(O)/C(=C/c1ccc(OCc2ccccc2)c(Br)c1)Sc1n[nH]c(-c2ccc(Cl)cc2)n1. The Hall–Kier alpha value is -3.07. The van der Waals surface area contributed by atoms with E-state index in [-0.39, 0.29) is 4.91 Å². The molecule has 0 saturated carbocycles. The number of carboxylic acid groups (broad SMARTS) is 1. The highest BCUT2D eigenvalue weighted by atomic mass is 79.9. The lowest BCUT2D eigenvalue weighted by Crippen LogP contribution is -1.98. The Labute approximate surface area is 207 Å². The Bertz CT molecular complexity index is 1290. The van der Waals surface area contributed by atoms with Crippen molar-refractivity contribution in [2.75, 3.05) is 0 Å². The number of ether oxygens (including phenoxy) is 1. The number of aliphatic carboxylic acids is 1. The van der Waals surface area contributed by atoms with Gasteiger partial charge in [-0.25, -0.2) is 9.78 Å². The summed E-state index contributed by atoms with van der Waals surface area (Å²) >= 11 is 10.4. The summed E-state index contributed by atoms with van der Waals surface area (Å²) in [6.45, 7) is 0.436. The summed E-state index contributed by atoms with van der Waals surface area (Å²) in [6, 6.07) is 22.4. The zero-order valence-electron chi connectivity index (χ0n) is 17.0. The van der Waals surface area contributed by atoms with Crippen LogP contribution in [-0.2, 0) is 11.4 Å². The molecule has 0 spiro atoms. The summed E-state index contributed by atoms with van der Waals surface area (Å²) in [6.07, 6.45) is 1.57. The van der Waals surface area contributed by atoms with E-state index in [1.807, 2.05) is 42.5 Å². The van der Waals surface area contributed by atoms with Crippen molar-refractivity contribution >= 4 is 51.3 Å². The number of aromatic nitrogens is 3. The number of hydrogen-bond donors (Lipinski definition) is 2. The second-order valence-corrected chi connectivity index (χ2v) is 9.15. The largest absolute Gasteiger partial charge is 0.488 e. The van der Waals surface area contributed by atoms with Crippen molar-refractivity contribution in [3.63, 3.8) is 0 Å². The van der Waals surface area contributed by atoms with E-state index in [1.165, 1.54) is 0 Å². The van der Waals surface area contributed by atoms with E-state index in [2.05, 4.69) is 31.1 Å². The zero-order chi connectivity index (χ0) is 23.2. The molecule has 6 nitrogen and oxygen atoms in total. The van der Waals surface area contributed by atoms with Gasteiger partial charge in [-0.1, -0.05) is 48.0 Å². The highest BCUT2D eigenvalue weighted by Gasteiger charge is 2.15. The number of H-pyrrole nitrogens is 1. The quantitative estimate of drug-likeness (QED) is 0.191. The van der Waals surface area contributed by atoms with Gasteiger partial charge in [-0.2, -0.15) is 0 Å². The van der Waals surface area contributed by atoms with Crippen LogP contribution in [0.1, 0.15) is 11.1 Å². The number of nitrogens with zero attached hydrogens (tertiary/aromatic N) is 2. The molecule has 4 rings (SSSR count). The normalized spacial score (nSPS) is 11.4. The van der Waals surface area contributed by atoms with Gasteiger partial charge in [0, 0.05) is 10.6 Å². The fourth-order valence-electron chi connectivity index (χ4n) is 2.87. The first-order valence-electron chi connectivity index (χ1n) is 9.75. The summed E-state index contributed by atoms with van der Waals surface area (Å²) in [4.78, 5) is 16.3. The molecule has 33 heavy (non-hydrogen) atoms. The second kappa shape index (κ2) is 10.7. The van der Waals surface area contributed by atoms with Crippen LogP contribution < -0.4 is 4.74 Å². The number of rotatable bonds is 8. The second-order valence-electron chi connectivity index (χ2n) is 6.85. The van der Waals surface area contributed by atoms with Crippen molar-refractivity contribution in [3.8, 4) is 17.1 Å². The number of hydrogen-bond acceptors (Lipinski definition) is 5. The van der Waals surface area contributed by atoms with Gasteiger partial charge in [-0.15, -0.1) is 5.10 Å². The molecule has 0 unspecified atom stereocenters. The third kappa shape index (κ3) is 6.25. The van der Waals surface area contributed by atoms with Crippen LogP contribution in [0.3, 0.4) is 0 Å². The summed E-state index contributed by atoms with van der Waals surface area (Å²) in [5.41, 5.74) is 2.56. The maximum absolute atomic E-state index is 11.8. The van der Waals surface area contributed by atoms with Crippen LogP contribution >= 0.6 is 39.3 Å². The molecular formula is C24H17BrClN3O3S. The predicted molar refractivity (Wildman–Crippen MR) is 133 cm³/mol. The van der Waals surface area contributed by atoms with E-state index in [0.717, 1.165) is 27.4 Å². The van der Waals surface area contributed by atoms with Crippen LogP contribution in [0.5, 0.6) is 5.75 Å². The van der Waals surface area contributed by atoms with Gasteiger partial charge in [0.05, 0.1) is 4.47 Å². The molecular weight excluding hydrogens is 526 g/mol. The summed E-state index contributed by atoms with van der Waals surface area (Å²) in [5, 5.41) is 17.5. The lowest BCUT2D eigenvalue weighted by molar-refractivity contribution is -0.131. The molecule has 3 aromatic carbocycles. The van der Waals surface area contributed by atoms with Crippen LogP contribution in [0.2, 0.25) is 5.02 Å². The van der Waals surface area contributed by atoms with Gasteiger partial charge >= 0.3 is 5.97 Å². The van der Waals surface area contributed by atoms with E-state index in [9.17, 15) is 9.90 Å². The van der Waals surface area contributed by atoms with Crippen molar-refractivity contribution in [2.45, 2.75) is 11.8 Å². The van der Waals surface area contributed by atoms with Crippen molar-refractivity contribution in [3.05, 3.63) is 98.3 Å². The molecule has 9 heteroatoms. The molecule has 1 heterocycles. The Morgan fingerprint density at radius 3 is 2.58 bits per heavy atom. The minimum absolute atomic E-state index is 0.0847. The number of aromatic amines is 1. The molecule has 0 amide bonds. The molecule has 1 aromatic heterocycles. The summed E-state index contributed by atoms with van der Waals surface area (Å²) in [5.74, 6) is 0.127. The van der Waals surface area contributed by atoms with Gasteiger partial charge in [0.1, 0.15) is 17.3 Å². The summed E-state index contributed by atoms with van der Waals surface area (Å²) in [7, 11) is 0. The topological polar surface area (TPSA) is 88.1 Å². The van der Waals surface area contributed by atoms with Crippen molar-refractivity contribution < 1.29 is 14.6 Å². The molecule has 0 aliphatic heterocycles. The van der Waals surface area contributed by atoms with E-state index in [4.69, 9.17) is 16.3 Å². The van der Waals surface area contributed by atoms with E-state index >= 15 is 0 Å². The van der Waals surface area contributed by atoms with Crippen LogP contribution in [-0.4, -0.2) is 26.3 Å². The molecule has 0 aliphatic carbocycles. The fraction of sp³-hybridized carbons (Fsp3) is 0.0417. The number of carbonyl (C=O) groups is 1. The molecule has 166 valence electrons. The highest BCUT2D eigenvalue weighted by Crippen LogP contribution is 2.31. The molecule has 4 aromatic rings. The standard InChI is InChI=1S/C24H17BrClN3O3S/c25-19-12-16(6-11-20(19)32-14-15-4-2-1-3-5-15)13-21(23(30)31)33-24-27-22(28-29-24)17-7-9-18(26)10-8-17/h1-13H,14H2,(H,30,31)(H,27,28,29)/b21-13-. The smallest absolute Gasteiger partial charge is 0.342 e. The Kier molecular flexibility index (Phi) is 7.49. The van der Waals surface area contributed by atoms with Crippen molar-refractivity contribution in [2.24, 2.45) is 0 Å². The van der Waals surface area contributed by atoms with Crippen LogP contribution in [0, 0.1) is 0 Å². The number of nitrogens with one attached hydrogen (secondary N) is 1. The maximum atomic E-state index is 11.8. The fourth-order valence-corrected chi connectivity index (χ4v) is 4.22. The van der Waals surface area contributed by atoms with Crippen LogP contribution in [0.25, 0.3) is 17.5 Å². The van der Waals surface area contributed by atoms with Gasteiger partial charge in [0.15, 0.2) is 5.82 Å². The average Bonchev–Trinajstić information content (AvgIpc) is 3.28.